The summed E-state index contributed by atoms with van der Waals surface area (Å²) < 4.78 is 4.30. The molecule has 0 bridgehead atoms. The number of aromatic nitrogens is 1. The lowest BCUT2D eigenvalue weighted by Crippen LogP contribution is -2.10. The smallest absolute Gasteiger partial charge is 0.136 e. The Morgan fingerprint density at radius 1 is 1.05 bits per heavy atom. The predicted octanol–water partition coefficient (Wildman–Crippen LogP) is 5.57. The predicted molar refractivity (Wildman–Crippen MR) is 91.3 cm³/mol. The summed E-state index contributed by atoms with van der Waals surface area (Å²) in [7, 11) is 0. The zero-order valence-corrected chi connectivity index (χ0v) is 14.6. The zero-order chi connectivity index (χ0) is 14.8. The van der Waals surface area contributed by atoms with Gasteiger partial charge in [0.25, 0.3) is 0 Å². The van der Waals surface area contributed by atoms with Crippen LogP contribution < -0.4 is 4.72 Å². The Hall–Kier alpha value is -1.00. The summed E-state index contributed by atoms with van der Waals surface area (Å²) in [6, 6.07) is 12.6. The van der Waals surface area contributed by atoms with Gasteiger partial charge in [0, 0.05) is 9.37 Å². The molecule has 0 atom stereocenters. The van der Waals surface area contributed by atoms with Crippen molar-refractivity contribution in [3.63, 3.8) is 0 Å². The molecule has 0 aliphatic rings. The number of pyridine rings is 1. The quantitative estimate of drug-likeness (QED) is 0.732. The Balaban J connectivity index is 2.02. The van der Waals surface area contributed by atoms with Gasteiger partial charge in [-0.15, -0.1) is 0 Å². The standard InChI is InChI=1S/C16H19BrN2S/c1-11-14(17)9-10-15(18-11)19-20-13-7-5-12(6-8-13)16(2,3)4/h5-10H,1-4H3,(H,18,19). The normalized spacial score (nSPS) is 11.4. The fraction of sp³-hybridized carbons (Fsp3) is 0.312. The van der Waals surface area contributed by atoms with Gasteiger partial charge in [-0.2, -0.15) is 0 Å². The molecule has 2 aromatic rings. The van der Waals surface area contributed by atoms with Crippen LogP contribution in [0.15, 0.2) is 45.8 Å². The molecule has 0 aliphatic carbocycles. The van der Waals surface area contributed by atoms with Gasteiger partial charge in [-0.3, -0.25) is 0 Å². The molecule has 0 unspecified atom stereocenters. The van der Waals surface area contributed by atoms with E-state index in [0.29, 0.717) is 0 Å². The molecule has 0 fully saturated rings. The van der Waals surface area contributed by atoms with E-state index in [1.54, 1.807) is 11.9 Å². The SMILES string of the molecule is Cc1nc(NSc2ccc(C(C)(C)C)cc2)ccc1Br. The van der Waals surface area contributed by atoms with Crippen molar-refractivity contribution < 1.29 is 0 Å². The molecule has 0 aliphatic heterocycles. The third-order valence-electron chi connectivity index (χ3n) is 3.02. The topological polar surface area (TPSA) is 24.9 Å². The first-order valence-corrected chi connectivity index (χ1v) is 8.14. The first-order chi connectivity index (χ1) is 9.36. The Morgan fingerprint density at radius 2 is 1.70 bits per heavy atom. The van der Waals surface area contributed by atoms with E-state index in [4.69, 9.17) is 0 Å². The molecular weight excluding hydrogens is 332 g/mol. The zero-order valence-electron chi connectivity index (χ0n) is 12.2. The minimum absolute atomic E-state index is 0.195. The fourth-order valence-corrected chi connectivity index (χ4v) is 2.56. The van der Waals surface area contributed by atoms with Gasteiger partial charge in [-0.1, -0.05) is 32.9 Å². The lowest BCUT2D eigenvalue weighted by molar-refractivity contribution is 0.590. The summed E-state index contributed by atoms with van der Waals surface area (Å²) >= 11 is 5.03. The van der Waals surface area contributed by atoms with Crippen molar-refractivity contribution in [2.24, 2.45) is 0 Å². The maximum absolute atomic E-state index is 4.47. The molecule has 0 saturated carbocycles. The van der Waals surface area contributed by atoms with Crippen LogP contribution in [0.3, 0.4) is 0 Å². The molecule has 2 nitrogen and oxygen atoms in total. The van der Waals surface area contributed by atoms with Crippen LogP contribution in [0, 0.1) is 6.92 Å². The maximum atomic E-state index is 4.47. The molecule has 2 rings (SSSR count). The fourth-order valence-electron chi connectivity index (χ4n) is 1.74. The van der Waals surface area contributed by atoms with Crippen molar-refractivity contribution in [2.75, 3.05) is 4.72 Å². The monoisotopic (exact) mass is 350 g/mol. The number of hydrogen-bond donors (Lipinski definition) is 1. The molecule has 4 heteroatoms. The Labute approximate surface area is 133 Å². The number of anilines is 1. The third-order valence-corrected chi connectivity index (χ3v) is 4.67. The number of hydrogen-bond acceptors (Lipinski definition) is 3. The number of rotatable bonds is 3. The summed E-state index contributed by atoms with van der Waals surface area (Å²) in [6.45, 7) is 8.66. The highest BCUT2D eigenvalue weighted by atomic mass is 79.9. The van der Waals surface area contributed by atoms with E-state index in [0.717, 1.165) is 16.0 Å². The summed E-state index contributed by atoms with van der Waals surface area (Å²) in [5, 5.41) is 0. The highest BCUT2D eigenvalue weighted by Gasteiger charge is 2.12. The third kappa shape index (κ3) is 4.00. The average Bonchev–Trinajstić information content (AvgIpc) is 2.40. The van der Waals surface area contributed by atoms with E-state index in [9.17, 15) is 0 Å². The Bertz CT molecular complexity index is 588. The molecule has 1 N–H and O–H groups in total. The molecular formula is C16H19BrN2S. The Morgan fingerprint density at radius 3 is 2.25 bits per heavy atom. The van der Waals surface area contributed by atoms with E-state index < -0.39 is 0 Å². The number of aryl methyl sites for hydroxylation is 1. The summed E-state index contributed by atoms with van der Waals surface area (Å²) in [5.41, 5.74) is 2.53. The van der Waals surface area contributed by atoms with Crippen molar-refractivity contribution in [1.29, 1.82) is 0 Å². The van der Waals surface area contributed by atoms with E-state index in [1.807, 2.05) is 19.1 Å². The van der Waals surface area contributed by atoms with Crippen LogP contribution in [0.5, 0.6) is 0 Å². The second-order valence-electron chi connectivity index (χ2n) is 5.74. The first kappa shape index (κ1) is 15.4. The minimum atomic E-state index is 0.195. The molecule has 20 heavy (non-hydrogen) atoms. The van der Waals surface area contributed by atoms with Crippen LogP contribution in [-0.4, -0.2) is 4.98 Å². The second kappa shape index (κ2) is 6.19. The van der Waals surface area contributed by atoms with E-state index >= 15 is 0 Å². The van der Waals surface area contributed by atoms with E-state index in [1.165, 1.54) is 10.5 Å². The Kier molecular flexibility index (Phi) is 4.76. The lowest BCUT2D eigenvalue weighted by Gasteiger charge is -2.19. The highest BCUT2D eigenvalue weighted by molar-refractivity contribution is 9.10. The van der Waals surface area contributed by atoms with Gasteiger partial charge in [-0.25, -0.2) is 4.98 Å². The van der Waals surface area contributed by atoms with Gasteiger partial charge in [0.2, 0.25) is 0 Å². The van der Waals surface area contributed by atoms with Gasteiger partial charge < -0.3 is 4.72 Å². The molecule has 0 radical (unpaired) electrons. The molecule has 0 saturated heterocycles. The molecule has 0 amide bonds. The van der Waals surface area contributed by atoms with Crippen LogP contribution in [0.4, 0.5) is 5.82 Å². The summed E-state index contributed by atoms with van der Waals surface area (Å²) in [4.78, 5) is 5.65. The van der Waals surface area contributed by atoms with Gasteiger partial charge in [0.05, 0.1) is 5.69 Å². The average molecular weight is 351 g/mol. The lowest BCUT2D eigenvalue weighted by atomic mass is 9.87. The van der Waals surface area contributed by atoms with Gasteiger partial charge in [0.1, 0.15) is 5.82 Å². The van der Waals surface area contributed by atoms with Crippen molar-refractivity contribution in [1.82, 2.24) is 4.98 Å². The number of nitrogens with one attached hydrogen (secondary N) is 1. The van der Waals surface area contributed by atoms with Gasteiger partial charge >= 0.3 is 0 Å². The summed E-state index contributed by atoms with van der Waals surface area (Å²) in [6.07, 6.45) is 0. The molecule has 1 aromatic carbocycles. The second-order valence-corrected chi connectivity index (χ2v) is 7.48. The van der Waals surface area contributed by atoms with Crippen molar-refractivity contribution in [3.05, 3.63) is 52.1 Å². The van der Waals surface area contributed by atoms with Crippen LogP contribution in [0.1, 0.15) is 32.0 Å². The molecule has 1 aromatic heterocycles. The molecule has 106 valence electrons. The minimum Gasteiger partial charge on any atom is -0.310 e. The van der Waals surface area contributed by atoms with Crippen LogP contribution in [0.2, 0.25) is 0 Å². The number of nitrogens with zero attached hydrogens (tertiary/aromatic N) is 1. The highest BCUT2D eigenvalue weighted by Crippen LogP contribution is 2.26. The van der Waals surface area contributed by atoms with E-state index in [-0.39, 0.29) is 5.41 Å². The number of benzene rings is 1. The molecule has 0 spiro atoms. The van der Waals surface area contributed by atoms with Gasteiger partial charge in [0.15, 0.2) is 0 Å². The number of halogens is 1. The van der Waals surface area contributed by atoms with Crippen LogP contribution in [0.25, 0.3) is 0 Å². The maximum Gasteiger partial charge on any atom is 0.136 e. The summed E-state index contributed by atoms with van der Waals surface area (Å²) in [5.74, 6) is 0.871. The van der Waals surface area contributed by atoms with E-state index in [2.05, 4.69) is 70.7 Å². The van der Waals surface area contributed by atoms with Crippen LogP contribution in [-0.2, 0) is 5.41 Å². The first-order valence-electron chi connectivity index (χ1n) is 6.53. The van der Waals surface area contributed by atoms with Crippen molar-refractivity contribution >= 4 is 33.7 Å². The van der Waals surface area contributed by atoms with Crippen molar-refractivity contribution in [2.45, 2.75) is 38.0 Å². The van der Waals surface area contributed by atoms with Gasteiger partial charge in [-0.05, 0) is 70.0 Å². The largest absolute Gasteiger partial charge is 0.310 e. The van der Waals surface area contributed by atoms with Crippen molar-refractivity contribution in [3.8, 4) is 0 Å². The van der Waals surface area contributed by atoms with Crippen LogP contribution >= 0.6 is 27.9 Å². The molecule has 1 heterocycles.